The van der Waals surface area contributed by atoms with E-state index in [2.05, 4.69) is 0 Å². The Labute approximate surface area is 97.9 Å². The zero-order valence-electron chi connectivity index (χ0n) is 11.2. The fourth-order valence-corrected chi connectivity index (χ4v) is 2.30. The molecule has 1 unspecified atom stereocenters. The van der Waals surface area contributed by atoms with Gasteiger partial charge in [-0.05, 0) is 34.6 Å². The molecule has 0 saturated carbocycles. The molecule has 0 aromatic rings. The van der Waals surface area contributed by atoms with E-state index in [4.69, 9.17) is 9.47 Å². The zero-order chi connectivity index (χ0) is 12.6. The average Bonchev–Trinajstić information content (AvgIpc) is 2.10. The molecule has 0 aromatic heterocycles. The first-order chi connectivity index (χ1) is 7.17. The fraction of sp³-hybridized carbons (Fsp3) is 0.917. The third-order valence-corrected chi connectivity index (χ3v) is 2.71. The number of rotatable bonds is 2. The zero-order valence-corrected chi connectivity index (χ0v) is 11.2. The van der Waals surface area contributed by atoms with Crippen LogP contribution in [-0.2, 0) is 14.3 Å². The largest absolute Gasteiger partial charge is 0.372 e. The van der Waals surface area contributed by atoms with Crippen LogP contribution in [0.25, 0.3) is 0 Å². The summed E-state index contributed by atoms with van der Waals surface area (Å²) in [5.41, 5.74) is -0.601. The average molecular weight is 229 g/mol. The van der Waals surface area contributed by atoms with E-state index in [9.17, 15) is 4.79 Å². The Balaban J connectivity index is 2.78. The van der Waals surface area contributed by atoms with Crippen molar-refractivity contribution < 1.29 is 14.3 Å². The lowest BCUT2D eigenvalue weighted by Gasteiger charge is -2.47. The molecule has 4 nitrogen and oxygen atoms in total. The van der Waals surface area contributed by atoms with Gasteiger partial charge in [-0.3, -0.25) is 4.79 Å². The van der Waals surface area contributed by atoms with Crippen LogP contribution in [0.15, 0.2) is 0 Å². The van der Waals surface area contributed by atoms with Crippen LogP contribution in [0.3, 0.4) is 0 Å². The van der Waals surface area contributed by atoms with Crippen molar-refractivity contribution in [1.82, 2.24) is 4.90 Å². The molecule has 0 spiro atoms. The van der Waals surface area contributed by atoms with Crippen LogP contribution in [0.5, 0.6) is 0 Å². The Hall–Kier alpha value is -0.610. The Morgan fingerprint density at radius 2 is 1.69 bits per heavy atom. The molecule has 0 radical (unpaired) electrons. The second-order valence-electron chi connectivity index (χ2n) is 5.69. The molecular formula is C12H23NO3. The summed E-state index contributed by atoms with van der Waals surface area (Å²) in [5.74, 6) is 0.0342. The van der Waals surface area contributed by atoms with Crippen LogP contribution in [0.4, 0.5) is 0 Å². The molecule has 1 atom stereocenters. The van der Waals surface area contributed by atoms with Gasteiger partial charge in [0, 0.05) is 20.2 Å². The highest BCUT2D eigenvalue weighted by atomic mass is 16.5. The number of carbonyl (C=O) groups excluding carboxylic acids is 1. The lowest BCUT2D eigenvalue weighted by atomic mass is 9.98. The van der Waals surface area contributed by atoms with Crippen molar-refractivity contribution in [2.75, 3.05) is 20.2 Å². The van der Waals surface area contributed by atoms with E-state index in [1.807, 2.05) is 32.6 Å². The second-order valence-corrected chi connectivity index (χ2v) is 5.69. The highest BCUT2D eigenvalue weighted by Gasteiger charge is 2.40. The van der Waals surface area contributed by atoms with Gasteiger partial charge in [-0.1, -0.05) is 0 Å². The quantitative estimate of drug-likeness (QED) is 0.719. The normalized spacial score (nSPS) is 25.2. The van der Waals surface area contributed by atoms with Crippen molar-refractivity contribution in [3.63, 3.8) is 0 Å². The van der Waals surface area contributed by atoms with Gasteiger partial charge in [-0.2, -0.15) is 0 Å². The molecule has 16 heavy (non-hydrogen) atoms. The van der Waals surface area contributed by atoms with Gasteiger partial charge in [0.25, 0.3) is 5.91 Å². The van der Waals surface area contributed by atoms with Crippen molar-refractivity contribution in [2.45, 2.75) is 51.9 Å². The summed E-state index contributed by atoms with van der Waals surface area (Å²) in [5, 5.41) is 0. The van der Waals surface area contributed by atoms with Gasteiger partial charge in [0.2, 0.25) is 0 Å². The first kappa shape index (κ1) is 13.5. The molecule has 0 bridgehead atoms. The second kappa shape index (κ2) is 4.34. The number of methoxy groups -OCH3 is 1. The van der Waals surface area contributed by atoms with Crippen LogP contribution >= 0.6 is 0 Å². The van der Waals surface area contributed by atoms with Gasteiger partial charge in [0.05, 0.1) is 11.2 Å². The summed E-state index contributed by atoms with van der Waals surface area (Å²) in [6.45, 7) is 11.0. The maximum Gasteiger partial charge on any atom is 0.251 e. The van der Waals surface area contributed by atoms with E-state index in [1.54, 1.807) is 14.0 Å². The Bertz CT molecular complexity index is 257. The summed E-state index contributed by atoms with van der Waals surface area (Å²) < 4.78 is 11.0. The fourth-order valence-electron chi connectivity index (χ4n) is 2.30. The number of hydrogen-bond donors (Lipinski definition) is 0. The number of ether oxygens (including phenoxy) is 2. The molecule has 0 aliphatic carbocycles. The Kier molecular flexibility index (Phi) is 3.65. The van der Waals surface area contributed by atoms with Crippen molar-refractivity contribution in [3.8, 4) is 0 Å². The summed E-state index contributed by atoms with van der Waals surface area (Å²) in [7, 11) is 1.55. The summed E-state index contributed by atoms with van der Waals surface area (Å²) in [4.78, 5) is 13.9. The van der Waals surface area contributed by atoms with Crippen molar-refractivity contribution in [3.05, 3.63) is 0 Å². The topological polar surface area (TPSA) is 38.8 Å². The SMILES string of the molecule is COC(C)C(=O)N1CC(C)(C)OC(C)(C)C1. The maximum atomic E-state index is 12.1. The molecule has 0 N–H and O–H groups in total. The molecule has 1 amide bonds. The van der Waals surface area contributed by atoms with Gasteiger partial charge < -0.3 is 14.4 Å². The van der Waals surface area contributed by atoms with Gasteiger partial charge >= 0.3 is 0 Å². The highest BCUT2D eigenvalue weighted by molar-refractivity contribution is 5.80. The molecule has 4 heteroatoms. The van der Waals surface area contributed by atoms with Crippen LogP contribution in [0.1, 0.15) is 34.6 Å². The highest BCUT2D eigenvalue weighted by Crippen LogP contribution is 2.28. The Morgan fingerprint density at radius 3 is 2.06 bits per heavy atom. The molecule has 1 aliphatic rings. The van der Waals surface area contributed by atoms with Crippen LogP contribution in [-0.4, -0.2) is 48.3 Å². The van der Waals surface area contributed by atoms with Crippen molar-refractivity contribution >= 4 is 5.91 Å². The van der Waals surface area contributed by atoms with Crippen molar-refractivity contribution in [2.24, 2.45) is 0 Å². The first-order valence-electron chi connectivity index (χ1n) is 5.69. The number of carbonyl (C=O) groups is 1. The first-order valence-corrected chi connectivity index (χ1v) is 5.69. The molecule has 1 saturated heterocycles. The number of nitrogens with zero attached hydrogens (tertiary/aromatic N) is 1. The molecule has 0 aromatic carbocycles. The molecule has 1 aliphatic heterocycles. The standard InChI is InChI=1S/C12H23NO3/c1-9(15-6)10(14)13-7-11(2,3)16-12(4,5)8-13/h9H,7-8H2,1-6H3. The van der Waals surface area contributed by atoms with E-state index in [0.717, 1.165) is 0 Å². The van der Waals surface area contributed by atoms with Crippen LogP contribution < -0.4 is 0 Å². The number of amides is 1. The minimum Gasteiger partial charge on any atom is -0.372 e. The third kappa shape index (κ3) is 3.19. The lowest BCUT2D eigenvalue weighted by Crippen LogP contribution is -2.60. The predicted octanol–water partition coefficient (Wildman–Crippen LogP) is 1.44. The van der Waals surface area contributed by atoms with E-state index in [-0.39, 0.29) is 23.2 Å². The predicted molar refractivity (Wildman–Crippen MR) is 62.3 cm³/mol. The molecule has 1 heterocycles. The minimum atomic E-state index is -0.385. The minimum absolute atomic E-state index is 0.0342. The molecule has 1 fully saturated rings. The van der Waals surface area contributed by atoms with E-state index < -0.39 is 0 Å². The van der Waals surface area contributed by atoms with E-state index in [0.29, 0.717) is 13.1 Å². The summed E-state index contributed by atoms with van der Waals surface area (Å²) in [6, 6.07) is 0. The van der Waals surface area contributed by atoms with Gasteiger partial charge in [0.1, 0.15) is 6.10 Å². The van der Waals surface area contributed by atoms with Gasteiger partial charge in [-0.25, -0.2) is 0 Å². The molecular weight excluding hydrogens is 206 g/mol. The number of hydrogen-bond acceptors (Lipinski definition) is 3. The molecule has 1 rings (SSSR count). The third-order valence-electron chi connectivity index (χ3n) is 2.71. The Morgan fingerprint density at radius 1 is 1.25 bits per heavy atom. The van der Waals surface area contributed by atoms with E-state index >= 15 is 0 Å². The monoisotopic (exact) mass is 229 g/mol. The van der Waals surface area contributed by atoms with Crippen LogP contribution in [0, 0.1) is 0 Å². The van der Waals surface area contributed by atoms with Gasteiger partial charge in [0.15, 0.2) is 0 Å². The van der Waals surface area contributed by atoms with Crippen molar-refractivity contribution in [1.29, 1.82) is 0 Å². The maximum absolute atomic E-state index is 12.1. The number of morpholine rings is 1. The summed E-state index contributed by atoms with van der Waals surface area (Å²) >= 11 is 0. The lowest BCUT2D eigenvalue weighted by molar-refractivity contribution is -0.192. The van der Waals surface area contributed by atoms with Crippen LogP contribution in [0.2, 0.25) is 0 Å². The summed E-state index contributed by atoms with van der Waals surface area (Å²) in [6.07, 6.45) is -0.385. The molecule has 94 valence electrons. The smallest absolute Gasteiger partial charge is 0.251 e. The van der Waals surface area contributed by atoms with E-state index in [1.165, 1.54) is 0 Å². The van der Waals surface area contributed by atoms with Gasteiger partial charge in [-0.15, -0.1) is 0 Å².